The zero-order valence-electron chi connectivity index (χ0n) is 18.4. The lowest BCUT2D eigenvalue weighted by Crippen LogP contribution is -2.35. The molecule has 0 radical (unpaired) electrons. The van der Waals surface area contributed by atoms with Gasteiger partial charge in [0.1, 0.15) is 6.61 Å². The molecule has 0 aromatic carbocycles. The molecule has 164 valence electrons. The number of hydrogen-bond donors (Lipinski definition) is 2. The van der Waals surface area contributed by atoms with E-state index in [1.807, 2.05) is 0 Å². The van der Waals surface area contributed by atoms with Gasteiger partial charge < -0.3 is 19.7 Å². The number of ether oxygens (including phenoxy) is 2. The van der Waals surface area contributed by atoms with E-state index in [4.69, 9.17) is 9.47 Å². The van der Waals surface area contributed by atoms with Crippen LogP contribution in [0.25, 0.3) is 0 Å². The van der Waals surface area contributed by atoms with Gasteiger partial charge in [-0.05, 0) is 58.4 Å². The summed E-state index contributed by atoms with van der Waals surface area (Å²) in [7, 11) is 1.36. The van der Waals surface area contributed by atoms with Crippen LogP contribution in [0.4, 0.5) is 0 Å². The van der Waals surface area contributed by atoms with E-state index in [1.165, 1.54) is 33.5 Å². The maximum absolute atomic E-state index is 12.7. The predicted octanol–water partition coefficient (Wildman–Crippen LogP) is 3.48. The van der Waals surface area contributed by atoms with Crippen molar-refractivity contribution in [2.24, 2.45) is 11.8 Å². The van der Waals surface area contributed by atoms with Crippen molar-refractivity contribution in [2.75, 3.05) is 13.7 Å². The van der Waals surface area contributed by atoms with Crippen LogP contribution >= 0.6 is 0 Å². The normalized spacial score (nSPS) is 24.4. The first-order valence-electron chi connectivity index (χ1n) is 10.1. The van der Waals surface area contributed by atoms with Crippen LogP contribution in [-0.4, -0.2) is 47.6 Å². The summed E-state index contributed by atoms with van der Waals surface area (Å²) in [4.78, 5) is 24.1. The van der Waals surface area contributed by atoms with E-state index in [0.717, 1.165) is 24.0 Å². The van der Waals surface area contributed by atoms with E-state index in [-0.39, 0.29) is 24.9 Å². The summed E-state index contributed by atoms with van der Waals surface area (Å²) in [6.45, 7) is 10.6. The second kappa shape index (κ2) is 11.3. The molecule has 0 spiro atoms. The molecule has 0 saturated carbocycles. The SMILES string of the molecule is C=C1CC/C=C(/C)CC[C@H](/C(=C\C[C@@H](O)C(C)(C)O)COC(C)=O)[C@H]1C(=O)OC. The van der Waals surface area contributed by atoms with E-state index in [9.17, 15) is 19.8 Å². The smallest absolute Gasteiger partial charge is 0.313 e. The highest BCUT2D eigenvalue weighted by molar-refractivity contribution is 5.76. The summed E-state index contributed by atoms with van der Waals surface area (Å²) in [5.74, 6) is -1.62. The summed E-state index contributed by atoms with van der Waals surface area (Å²) in [5, 5.41) is 20.3. The fourth-order valence-corrected chi connectivity index (χ4v) is 3.51. The van der Waals surface area contributed by atoms with Crippen LogP contribution in [0.1, 0.15) is 59.8 Å². The van der Waals surface area contributed by atoms with Crippen LogP contribution in [0.2, 0.25) is 0 Å². The van der Waals surface area contributed by atoms with Gasteiger partial charge in [0, 0.05) is 12.8 Å². The molecule has 1 aliphatic rings. The molecule has 0 aromatic heterocycles. The standard InChI is InChI=1S/C23H36O6/c1-15-8-7-9-16(2)21(22(26)28-6)19(12-10-15)18(14-29-17(3)24)11-13-20(25)23(4,5)27/h8,11,19-21,25,27H,2,7,9-10,12-14H2,1,3-6H3/b15-8-,18-11-/t19-,20-,21+/m1/s1. The van der Waals surface area contributed by atoms with Crippen LogP contribution in [-0.2, 0) is 19.1 Å². The Morgan fingerprint density at radius 1 is 1.38 bits per heavy atom. The predicted molar refractivity (Wildman–Crippen MR) is 112 cm³/mol. The molecule has 0 aromatic rings. The third kappa shape index (κ3) is 8.15. The summed E-state index contributed by atoms with van der Waals surface area (Å²) >= 11 is 0. The number of methoxy groups -OCH3 is 1. The summed E-state index contributed by atoms with van der Waals surface area (Å²) in [5.41, 5.74) is 1.47. The lowest BCUT2D eigenvalue weighted by atomic mass is 9.77. The van der Waals surface area contributed by atoms with E-state index >= 15 is 0 Å². The average molecular weight is 409 g/mol. The largest absolute Gasteiger partial charge is 0.469 e. The fraction of sp³-hybridized carbons (Fsp3) is 0.652. The number of hydrogen-bond acceptors (Lipinski definition) is 6. The first kappa shape index (κ1) is 25.1. The van der Waals surface area contributed by atoms with Crippen molar-refractivity contribution >= 4 is 11.9 Å². The minimum atomic E-state index is -1.27. The van der Waals surface area contributed by atoms with Crippen molar-refractivity contribution in [3.63, 3.8) is 0 Å². The highest BCUT2D eigenvalue weighted by atomic mass is 16.5. The van der Waals surface area contributed by atoms with Crippen molar-refractivity contribution in [3.8, 4) is 0 Å². The van der Waals surface area contributed by atoms with Gasteiger partial charge in [0.2, 0.25) is 0 Å². The molecule has 3 atom stereocenters. The molecule has 0 aliphatic heterocycles. The molecule has 1 rings (SSSR count). The van der Waals surface area contributed by atoms with E-state index in [0.29, 0.717) is 12.8 Å². The van der Waals surface area contributed by atoms with Gasteiger partial charge in [0.25, 0.3) is 0 Å². The Morgan fingerprint density at radius 3 is 2.59 bits per heavy atom. The second-order valence-corrected chi connectivity index (χ2v) is 8.36. The van der Waals surface area contributed by atoms with Crippen LogP contribution < -0.4 is 0 Å². The molecule has 0 amide bonds. The molecule has 1 aliphatic carbocycles. The van der Waals surface area contributed by atoms with E-state index in [2.05, 4.69) is 19.6 Å². The lowest BCUT2D eigenvalue weighted by Gasteiger charge is -2.30. The van der Waals surface area contributed by atoms with Crippen LogP contribution in [0.5, 0.6) is 0 Å². The fourth-order valence-electron chi connectivity index (χ4n) is 3.51. The van der Waals surface area contributed by atoms with Gasteiger partial charge >= 0.3 is 11.9 Å². The average Bonchev–Trinajstić information content (AvgIpc) is 2.69. The minimum Gasteiger partial charge on any atom is -0.469 e. The minimum absolute atomic E-state index is 0.0160. The molecule has 6 nitrogen and oxygen atoms in total. The maximum atomic E-state index is 12.7. The Morgan fingerprint density at radius 2 is 2.03 bits per heavy atom. The van der Waals surface area contributed by atoms with Crippen molar-refractivity contribution in [2.45, 2.75) is 71.5 Å². The summed E-state index contributed by atoms with van der Waals surface area (Å²) in [6.07, 6.45) is 6.04. The van der Waals surface area contributed by atoms with Crippen LogP contribution in [0.3, 0.4) is 0 Å². The molecule has 0 unspecified atom stereocenters. The number of aliphatic hydroxyl groups is 2. The van der Waals surface area contributed by atoms with E-state index < -0.39 is 23.6 Å². The maximum Gasteiger partial charge on any atom is 0.313 e. The molecule has 0 saturated heterocycles. The van der Waals surface area contributed by atoms with Crippen molar-refractivity contribution < 1.29 is 29.3 Å². The molecular weight excluding hydrogens is 372 g/mol. The Kier molecular flexibility index (Phi) is 9.80. The van der Waals surface area contributed by atoms with Gasteiger partial charge in [0.15, 0.2) is 0 Å². The quantitative estimate of drug-likeness (QED) is 0.495. The third-order valence-electron chi connectivity index (χ3n) is 5.44. The Bertz CT molecular complexity index is 653. The van der Waals surface area contributed by atoms with Crippen molar-refractivity contribution in [1.82, 2.24) is 0 Å². The molecule has 0 bridgehead atoms. The topological polar surface area (TPSA) is 93.1 Å². The molecular formula is C23H36O6. The van der Waals surface area contributed by atoms with Crippen molar-refractivity contribution in [1.29, 1.82) is 0 Å². The highest BCUT2D eigenvalue weighted by Gasteiger charge is 2.35. The first-order chi connectivity index (χ1) is 13.5. The Hall–Kier alpha value is -1.92. The van der Waals surface area contributed by atoms with Gasteiger partial charge in [-0.3, -0.25) is 9.59 Å². The van der Waals surface area contributed by atoms with E-state index in [1.54, 1.807) is 6.08 Å². The summed E-state index contributed by atoms with van der Waals surface area (Å²) in [6, 6.07) is 0. The van der Waals surface area contributed by atoms with Gasteiger partial charge in [-0.15, -0.1) is 0 Å². The first-order valence-corrected chi connectivity index (χ1v) is 10.1. The molecule has 0 heterocycles. The van der Waals surface area contributed by atoms with Crippen molar-refractivity contribution in [3.05, 3.63) is 35.5 Å². The number of rotatable bonds is 7. The number of allylic oxidation sites excluding steroid dienone is 2. The monoisotopic (exact) mass is 408 g/mol. The second-order valence-electron chi connectivity index (χ2n) is 8.36. The zero-order chi connectivity index (χ0) is 22.2. The molecule has 29 heavy (non-hydrogen) atoms. The summed E-state index contributed by atoms with van der Waals surface area (Å²) < 4.78 is 10.3. The third-order valence-corrected chi connectivity index (χ3v) is 5.44. The molecule has 0 fully saturated rings. The number of esters is 2. The lowest BCUT2D eigenvalue weighted by molar-refractivity contribution is -0.145. The number of carbonyl (C=O) groups is 2. The Balaban J connectivity index is 3.33. The highest BCUT2D eigenvalue weighted by Crippen LogP contribution is 2.36. The molecule has 2 N–H and O–H groups in total. The van der Waals surface area contributed by atoms with Gasteiger partial charge in [0.05, 0.1) is 24.7 Å². The van der Waals surface area contributed by atoms with Crippen LogP contribution in [0, 0.1) is 11.8 Å². The number of aliphatic hydroxyl groups excluding tert-OH is 1. The van der Waals surface area contributed by atoms with Gasteiger partial charge in [-0.2, -0.15) is 0 Å². The van der Waals surface area contributed by atoms with Gasteiger partial charge in [-0.1, -0.05) is 29.9 Å². The number of carbonyl (C=O) groups excluding carboxylic acids is 2. The zero-order valence-corrected chi connectivity index (χ0v) is 18.4. The molecule has 6 heteroatoms. The Labute approximate surface area is 174 Å². The van der Waals surface area contributed by atoms with Crippen LogP contribution in [0.15, 0.2) is 35.5 Å². The van der Waals surface area contributed by atoms with Gasteiger partial charge in [-0.25, -0.2) is 0 Å².